The van der Waals surface area contributed by atoms with E-state index in [1.165, 1.54) is 0 Å². The zero-order valence-electron chi connectivity index (χ0n) is 16.3. The molecule has 1 atom stereocenters. The number of rotatable bonds is 5. The number of pyridine rings is 1. The third kappa shape index (κ3) is 4.66. The number of anilines is 1. The van der Waals surface area contributed by atoms with E-state index < -0.39 is 0 Å². The van der Waals surface area contributed by atoms with Gasteiger partial charge in [-0.15, -0.1) is 0 Å². The van der Waals surface area contributed by atoms with Crippen LogP contribution in [-0.4, -0.2) is 61.3 Å². The molecule has 0 aliphatic carbocycles. The first-order valence-corrected chi connectivity index (χ1v) is 9.94. The highest BCUT2D eigenvalue weighted by atomic mass is 16.5. The molecule has 2 fully saturated rings. The van der Waals surface area contributed by atoms with Crippen molar-refractivity contribution >= 4 is 11.7 Å². The molecule has 2 aliphatic rings. The van der Waals surface area contributed by atoms with Crippen LogP contribution in [0.15, 0.2) is 42.6 Å². The molecule has 150 valence electrons. The van der Waals surface area contributed by atoms with Crippen LogP contribution in [0.25, 0.3) is 0 Å². The number of carbonyl (C=O) groups excluding carboxylic acids is 1. The number of piperazine rings is 1. The predicted octanol–water partition coefficient (Wildman–Crippen LogP) is 2.01. The second-order valence-electron chi connectivity index (χ2n) is 7.28. The summed E-state index contributed by atoms with van der Waals surface area (Å²) in [5, 5.41) is 9.26. The van der Waals surface area contributed by atoms with Gasteiger partial charge in [0.2, 0.25) is 5.91 Å². The number of hydrogen-bond donors (Lipinski definition) is 0. The van der Waals surface area contributed by atoms with Crippen molar-refractivity contribution < 1.29 is 14.3 Å². The first-order chi connectivity index (χ1) is 14.2. The van der Waals surface area contributed by atoms with Gasteiger partial charge in [-0.05, 0) is 29.8 Å². The van der Waals surface area contributed by atoms with Gasteiger partial charge in [0.1, 0.15) is 23.7 Å². The van der Waals surface area contributed by atoms with E-state index >= 15 is 0 Å². The molecule has 7 nitrogen and oxygen atoms in total. The van der Waals surface area contributed by atoms with E-state index in [-0.39, 0.29) is 12.0 Å². The molecule has 4 rings (SSSR count). The molecule has 0 bridgehead atoms. The zero-order chi connectivity index (χ0) is 20.1. The lowest BCUT2D eigenvalue weighted by molar-refractivity contribution is -0.130. The lowest BCUT2D eigenvalue weighted by atomic mass is 10.1. The molecule has 2 saturated heterocycles. The first kappa shape index (κ1) is 19.2. The molecule has 2 aliphatic heterocycles. The topological polar surface area (TPSA) is 78.7 Å². The number of carbonyl (C=O) groups is 1. The minimum Gasteiger partial charge on any atom is -0.488 e. The zero-order valence-corrected chi connectivity index (χ0v) is 16.3. The van der Waals surface area contributed by atoms with Gasteiger partial charge in [0, 0.05) is 38.8 Å². The predicted molar refractivity (Wildman–Crippen MR) is 108 cm³/mol. The van der Waals surface area contributed by atoms with Crippen molar-refractivity contribution in [1.29, 1.82) is 5.26 Å². The molecule has 0 spiro atoms. The quantitative estimate of drug-likeness (QED) is 0.775. The molecular weight excluding hydrogens is 368 g/mol. The van der Waals surface area contributed by atoms with E-state index in [0.717, 1.165) is 24.3 Å². The van der Waals surface area contributed by atoms with Gasteiger partial charge in [-0.1, -0.05) is 12.1 Å². The number of benzene rings is 1. The fourth-order valence-corrected chi connectivity index (χ4v) is 3.67. The Hall–Kier alpha value is -3.11. The van der Waals surface area contributed by atoms with Gasteiger partial charge in [0.25, 0.3) is 0 Å². The summed E-state index contributed by atoms with van der Waals surface area (Å²) in [6.45, 7) is 4.00. The summed E-state index contributed by atoms with van der Waals surface area (Å²) < 4.78 is 11.2. The SMILES string of the molecule is N#Cc1cccnc1N1CCN(C(=O)Cc2ccc(OC3CCOC3)cc2)CC1. The van der Waals surface area contributed by atoms with Crippen LogP contribution < -0.4 is 9.64 Å². The minimum absolute atomic E-state index is 0.115. The fraction of sp³-hybridized carbons (Fsp3) is 0.409. The molecule has 0 saturated carbocycles. The molecule has 1 aromatic carbocycles. The largest absolute Gasteiger partial charge is 0.488 e. The van der Waals surface area contributed by atoms with Crippen LogP contribution in [0.3, 0.4) is 0 Å². The van der Waals surface area contributed by atoms with Gasteiger partial charge in [-0.2, -0.15) is 5.26 Å². The molecule has 0 radical (unpaired) electrons. The van der Waals surface area contributed by atoms with Crippen LogP contribution in [-0.2, 0) is 16.0 Å². The van der Waals surface area contributed by atoms with E-state index in [1.54, 1.807) is 18.3 Å². The number of amides is 1. The Morgan fingerprint density at radius 1 is 1.21 bits per heavy atom. The lowest BCUT2D eigenvalue weighted by Gasteiger charge is -2.35. The van der Waals surface area contributed by atoms with Gasteiger partial charge >= 0.3 is 0 Å². The van der Waals surface area contributed by atoms with Crippen molar-refractivity contribution in [2.75, 3.05) is 44.3 Å². The van der Waals surface area contributed by atoms with Crippen LogP contribution in [0.1, 0.15) is 17.5 Å². The summed E-state index contributed by atoms with van der Waals surface area (Å²) >= 11 is 0. The number of aromatic nitrogens is 1. The molecule has 1 aromatic heterocycles. The smallest absolute Gasteiger partial charge is 0.227 e. The maximum Gasteiger partial charge on any atom is 0.227 e. The summed E-state index contributed by atoms with van der Waals surface area (Å²) in [5.74, 6) is 1.63. The van der Waals surface area contributed by atoms with Gasteiger partial charge < -0.3 is 19.3 Å². The van der Waals surface area contributed by atoms with Crippen molar-refractivity contribution in [3.05, 3.63) is 53.7 Å². The average molecular weight is 392 g/mol. The van der Waals surface area contributed by atoms with Crippen LogP contribution in [0.4, 0.5) is 5.82 Å². The Bertz CT molecular complexity index is 880. The van der Waals surface area contributed by atoms with Crippen LogP contribution in [0.2, 0.25) is 0 Å². The highest BCUT2D eigenvalue weighted by molar-refractivity contribution is 5.79. The molecule has 2 aromatic rings. The van der Waals surface area contributed by atoms with Crippen molar-refractivity contribution in [2.45, 2.75) is 18.9 Å². The van der Waals surface area contributed by atoms with Crippen molar-refractivity contribution in [3.63, 3.8) is 0 Å². The standard InChI is InChI=1S/C22H24N4O3/c23-15-18-2-1-8-24-22(18)26-11-9-25(10-12-26)21(27)14-17-3-5-19(6-4-17)29-20-7-13-28-16-20/h1-6,8,20H,7,9-14,16H2. The average Bonchev–Trinajstić information content (AvgIpc) is 3.28. The van der Waals surface area contributed by atoms with Crippen molar-refractivity contribution in [3.8, 4) is 11.8 Å². The highest BCUT2D eigenvalue weighted by Crippen LogP contribution is 2.20. The van der Waals surface area contributed by atoms with E-state index in [9.17, 15) is 10.1 Å². The van der Waals surface area contributed by atoms with E-state index in [0.29, 0.717) is 50.6 Å². The van der Waals surface area contributed by atoms with Crippen LogP contribution >= 0.6 is 0 Å². The summed E-state index contributed by atoms with van der Waals surface area (Å²) in [5.41, 5.74) is 1.54. The van der Waals surface area contributed by atoms with E-state index in [2.05, 4.69) is 16.0 Å². The van der Waals surface area contributed by atoms with E-state index in [4.69, 9.17) is 9.47 Å². The number of hydrogen-bond acceptors (Lipinski definition) is 6. The summed E-state index contributed by atoms with van der Waals surface area (Å²) in [4.78, 5) is 21.0. The van der Waals surface area contributed by atoms with Gasteiger partial charge in [0.05, 0.1) is 25.2 Å². The third-order valence-electron chi connectivity index (χ3n) is 5.31. The van der Waals surface area contributed by atoms with Gasteiger partial charge in [-0.25, -0.2) is 4.98 Å². The van der Waals surface area contributed by atoms with Crippen LogP contribution in [0, 0.1) is 11.3 Å². The number of ether oxygens (including phenoxy) is 2. The summed E-state index contributed by atoms with van der Waals surface area (Å²) in [6.07, 6.45) is 3.11. The van der Waals surface area contributed by atoms with Gasteiger partial charge in [-0.3, -0.25) is 4.79 Å². The Balaban J connectivity index is 1.29. The summed E-state index contributed by atoms with van der Waals surface area (Å²) in [6, 6.07) is 13.5. The van der Waals surface area contributed by atoms with Crippen molar-refractivity contribution in [1.82, 2.24) is 9.88 Å². The monoisotopic (exact) mass is 392 g/mol. The highest BCUT2D eigenvalue weighted by Gasteiger charge is 2.23. The molecule has 3 heterocycles. The maximum atomic E-state index is 12.7. The minimum atomic E-state index is 0.115. The van der Waals surface area contributed by atoms with E-state index in [1.807, 2.05) is 29.2 Å². The van der Waals surface area contributed by atoms with Crippen LogP contribution in [0.5, 0.6) is 5.75 Å². The molecule has 1 unspecified atom stereocenters. The first-order valence-electron chi connectivity index (χ1n) is 9.94. The number of nitrogens with zero attached hydrogens (tertiary/aromatic N) is 4. The van der Waals surface area contributed by atoms with Gasteiger partial charge in [0.15, 0.2) is 0 Å². The van der Waals surface area contributed by atoms with Crippen molar-refractivity contribution in [2.24, 2.45) is 0 Å². The Morgan fingerprint density at radius 3 is 2.69 bits per heavy atom. The normalized spacial score (nSPS) is 19.1. The molecule has 29 heavy (non-hydrogen) atoms. The maximum absolute atomic E-state index is 12.7. The summed E-state index contributed by atoms with van der Waals surface area (Å²) in [7, 11) is 0. The Morgan fingerprint density at radius 2 is 2.00 bits per heavy atom. The second-order valence-corrected chi connectivity index (χ2v) is 7.28. The second kappa shape index (κ2) is 8.93. The molecule has 1 amide bonds. The fourth-order valence-electron chi connectivity index (χ4n) is 3.67. The Kier molecular flexibility index (Phi) is 5.92. The third-order valence-corrected chi connectivity index (χ3v) is 5.31. The lowest BCUT2D eigenvalue weighted by Crippen LogP contribution is -2.49. The number of nitriles is 1. The molecule has 0 N–H and O–H groups in total. The molecule has 7 heteroatoms. The molecular formula is C22H24N4O3. The Labute approximate surface area is 170 Å².